The molecular weight excluding hydrogens is 180 g/mol. The number of esters is 1. The SMILES string of the molecule is O=C1CCCCC1.O=C1CCCCO1. The molecule has 0 atom stereocenters. The Labute approximate surface area is 84.8 Å². The van der Waals surface area contributed by atoms with E-state index in [2.05, 4.69) is 4.74 Å². The van der Waals surface area contributed by atoms with Crippen LogP contribution in [0.5, 0.6) is 0 Å². The van der Waals surface area contributed by atoms with E-state index in [0.717, 1.165) is 38.5 Å². The zero-order valence-electron chi connectivity index (χ0n) is 8.59. The number of hydrogen-bond donors (Lipinski definition) is 0. The molecule has 0 unspecified atom stereocenters. The van der Waals surface area contributed by atoms with E-state index in [0.29, 0.717) is 18.8 Å². The molecule has 0 aromatic rings. The molecular formula is C11H18O3. The molecule has 1 heterocycles. The van der Waals surface area contributed by atoms with Crippen LogP contribution in [0.2, 0.25) is 0 Å². The minimum atomic E-state index is -0.0359. The summed E-state index contributed by atoms with van der Waals surface area (Å²) >= 11 is 0. The van der Waals surface area contributed by atoms with E-state index in [1.165, 1.54) is 6.42 Å². The van der Waals surface area contributed by atoms with Crippen molar-refractivity contribution in [2.45, 2.75) is 51.4 Å². The summed E-state index contributed by atoms with van der Waals surface area (Å²) < 4.78 is 4.64. The fourth-order valence-electron chi connectivity index (χ4n) is 1.58. The van der Waals surface area contributed by atoms with Crippen LogP contribution in [-0.2, 0) is 14.3 Å². The lowest BCUT2D eigenvalue weighted by Gasteiger charge is -2.08. The van der Waals surface area contributed by atoms with Crippen molar-refractivity contribution in [3.8, 4) is 0 Å². The van der Waals surface area contributed by atoms with Gasteiger partial charge in [0, 0.05) is 19.3 Å². The Morgan fingerprint density at radius 1 is 0.786 bits per heavy atom. The van der Waals surface area contributed by atoms with Gasteiger partial charge in [-0.25, -0.2) is 0 Å². The topological polar surface area (TPSA) is 43.4 Å². The maximum absolute atomic E-state index is 10.5. The summed E-state index contributed by atoms with van der Waals surface area (Å²) in [6.07, 6.45) is 7.92. The van der Waals surface area contributed by atoms with Gasteiger partial charge in [-0.3, -0.25) is 9.59 Å². The molecule has 1 aliphatic heterocycles. The maximum Gasteiger partial charge on any atom is 0.305 e. The van der Waals surface area contributed by atoms with E-state index in [9.17, 15) is 9.59 Å². The van der Waals surface area contributed by atoms with E-state index in [1.54, 1.807) is 0 Å². The molecule has 2 fully saturated rings. The second kappa shape index (κ2) is 6.57. The van der Waals surface area contributed by atoms with Crippen LogP contribution in [0.25, 0.3) is 0 Å². The Bertz CT molecular complexity index is 161. The highest BCUT2D eigenvalue weighted by Gasteiger charge is 2.07. The van der Waals surface area contributed by atoms with Gasteiger partial charge < -0.3 is 4.74 Å². The highest BCUT2D eigenvalue weighted by molar-refractivity contribution is 5.78. The number of Topliss-reactive ketones (excluding diaryl/α,β-unsaturated/α-hetero) is 1. The van der Waals surface area contributed by atoms with Crippen LogP contribution in [-0.4, -0.2) is 18.4 Å². The number of ketones is 1. The van der Waals surface area contributed by atoms with Crippen LogP contribution in [0.1, 0.15) is 51.4 Å². The molecule has 1 aliphatic carbocycles. The summed E-state index contributed by atoms with van der Waals surface area (Å²) in [5.74, 6) is 0.428. The molecule has 80 valence electrons. The number of cyclic esters (lactones) is 1. The van der Waals surface area contributed by atoms with E-state index in [1.807, 2.05) is 0 Å². The maximum atomic E-state index is 10.5. The van der Waals surface area contributed by atoms with Crippen LogP contribution in [0, 0.1) is 0 Å². The van der Waals surface area contributed by atoms with Crippen LogP contribution in [0.15, 0.2) is 0 Å². The lowest BCUT2D eigenvalue weighted by Crippen LogP contribution is -2.10. The van der Waals surface area contributed by atoms with Crippen LogP contribution in [0.3, 0.4) is 0 Å². The molecule has 3 heteroatoms. The molecule has 3 nitrogen and oxygen atoms in total. The highest BCUT2D eigenvalue weighted by Crippen LogP contribution is 2.12. The third-order valence-electron chi connectivity index (χ3n) is 2.45. The summed E-state index contributed by atoms with van der Waals surface area (Å²) in [5, 5.41) is 0. The Kier molecular flexibility index (Phi) is 5.27. The minimum absolute atomic E-state index is 0.0359. The molecule has 1 saturated heterocycles. The zero-order valence-corrected chi connectivity index (χ0v) is 8.59. The first kappa shape index (κ1) is 11.2. The fraction of sp³-hybridized carbons (Fsp3) is 0.818. The van der Waals surface area contributed by atoms with E-state index in [-0.39, 0.29) is 5.97 Å². The van der Waals surface area contributed by atoms with Crippen molar-refractivity contribution in [1.29, 1.82) is 0 Å². The lowest BCUT2D eigenvalue weighted by atomic mass is 10.00. The molecule has 0 spiro atoms. The number of ether oxygens (including phenoxy) is 1. The first-order chi connectivity index (χ1) is 6.79. The largest absolute Gasteiger partial charge is 0.466 e. The van der Waals surface area contributed by atoms with Gasteiger partial charge in [0.05, 0.1) is 6.61 Å². The Balaban J connectivity index is 0.000000140. The number of carbonyl (C=O) groups excluding carboxylic acids is 2. The number of hydrogen-bond acceptors (Lipinski definition) is 3. The average molecular weight is 198 g/mol. The van der Waals surface area contributed by atoms with Gasteiger partial charge in [-0.15, -0.1) is 0 Å². The predicted molar refractivity (Wildman–Crippen MR) is 52.9 cm³/mol. The lowest BCUT2D eigenvalue weighted by molar-refractivity contribution is -0.146. The molecule has 0 aromatic heterocycles. The molecule has 2 aliphatic rings. The van der Waals surface area contributed by atoms with Crippen molar-refractivity contribution >= 4 is 11.8 Å². The Morgan fingerprint density at radius 3 is 1.71 bits per heavy atom. The summed E-state index contributed by atoms with van der Waals surface area (Å²) in [7, 11) is 0. The van der Waals surface area contributed by atoms with Crippen molar-refractivity contribution in [1.82, 2.24) is 0 Å². The molecule has 0 radical (unpaired) electrons. The first-order valence-electron chi connectivity index (χ1n) is 5.46. The van der Waals surface area contributed by atoms with Gasteiger partial charge in [0.1, 0.15) is 5.78 Å². The standard InChI is InChI=1S/C6H10O.C5H8O2/c7-6-4-2-1-3-5-6;6-5-3-1-2-4-7-5/h1-5H2;1-4H2. The second-order valence-electron chi connectivity index (χ2n) is 3.78. The van der Waals surface area contributed by atoms with Crippen molar-refractivity contribution in [2.24, 2.45) is 0 Å². The van der Waals surface area contributed by atoms with Gasteiger partial charge in [0.25, 0.3) is 0 Å². The number of rotatable bonds is 0. The van der Waals surface area contributed by atoms with Gasteiger partial charge in [-0.1, -0.05) is 6.42 Å². The smallest absolute Gasteiger partial charge is 0.305 e. The molecule has 14 heavy (non-hydrogen) atoms. The van der Waals surface area contributed by atoms with E-state index >= 15 is 0 Å². The third kappa shape index (κ3) is 5.00. The fourth-order valence-corrected chi connectivity index (χ4v) is 1.58. The monoisotopic (exact) mass is 198 g/mol. The van der Waals surface area contributed by atoms with E-state index in [4.69, 9.17) is 0 Å². The zero-order chi connectivity index (χ0) is 10.2. The quantitative estimate of drug-likeness (QED) is 0.560. The van der Waals surface area contributed by atoms with Gasteiger partial charge >= 0.3 is 5.97 Å². The minimum Gasteiger partial charge on any atom is -0.466 e. The average Bonchev–Trinajstić information content (AvgIpc) is 2.21. The van der Waals surface area contributed by atoms with Gasteiger partial charge in [-0.2, -0.15) is 0 Å². The molecule has 2 rings (SSSR count). The molecule has 0 amide bonds. The molecule has 0 aromatic carbocycles. The Morgan fingerprint density at radius 2 is 1.43 bits per heavy atom. The van der Waals surface area contributed by atoms with Crippen molar-refractivity contribution in [3.05, 3.63) is 0 Å². The van der Waals surface area contributed by atoms with Crippen LogP contribution >= 0.6 is 0 Å². The summed E-state index contributed by atoms with van der Waals surface area (Å²) in [4.78, 5) is 20.7. The van der Waals surface area contributed by atoms with Gasteiger partial charge in [0.2, 0.25) is 0 Å². The molecule has 0 bridgehead atoms. The molecule has 1 saturated carbocycles. The first-order valence-corrected chi connectivity index (χ1v) is 5.46. The van der Waals surface area contributed by atoms with Crippen molar-refractivity contribution in [2.75, 3.05) is 6.61 Å². The predicted octanol–water partition coefficient (Wildman–Crippen LogP) is 2.23. The van der Waals surface area contributed by atoms with E-state index < -0.39 is 0 Å². The second-order valence-corrected chi connectivity index (χ2v) is 3.78. The van der Waals surface area contributed by atoms with Crippen molar-refractivity contribution < 1.29 is 14.3 Å². The number of carbonyl (C=O) groups is 2. The highest BCUT2D eigenvalue weighted by atomic mass is 16.5. The van der Waals surface area contributed by atoms with Crippen molar-refractivity contribution in [3.63, 3.8) is 0 Å². The van der Waals surface area contributed by atoms with Crippen LogP contribution < -0.4 is 0 Å². The summed E-state index contributed by atoms with van der Waals surface area (Å²) in [6, 6.07) is 0. The Hall–Kier alpha value is -0.860. The van der Waals surface area contributed by atoms with Gasteiger partial charge in [-0.05, 0) is 25.7 Å². The summed E-state index contributed by atoms with van der Waals surface area (Å²) in [6.45, 7) is 0.638. The van der Waals surface area contributed by atoms with Crippen LogP contribution in [0.4, 0.5) is 0 Å². The summed E-state index contributed by atoms with van der Waals surface area (Å²) in [5.41, 5.74) is 0. The van der Waals surface area contributed by atoms with Gasteiger partial charge in [0.15, 0.2) is 0 Å². The molecule has 0 N–H and O–H groups in total. The third-order valence-corrected chi connectivity index (χ3v) is 2.45. The normalized spacial score (nSPS) is 22.0.